The molecular formula is C25H17ClN4S. The summed E-state index contributed by atoms with van der Waals surface area (Å²) >= 11 is 7.72. The first-order chi connectivity index (χ1) is 15.2. The fourth-order valence-corrected chi connectivity index (χ4v) is 4.58. The molecule has 0 radical (unpaired) electrons. The van der Waals surface area contributed by atoms with Gasteiger partial charge in [0.15, 0.2) is 5.16 Å². The van der Waals surface area contributed by atoms with Gasteiger partial charge in [0.2, 0.25) is 0 Å². The Bertz CT molecular complexity index is 1440. The molecule has 0 amide bonds. The third kappa shape index (κ3) is 3.96. The lowest BCUT2D eigenvalue weighted by Crippen LogP contribution is -1.98. The summed E-state index contributed by atoms with van der Waals surface area (Å²) in [6, 6.07) is 26.2. The Morgan fingerprint density at radius 2 is 1.84 bits per heavy atom. The van der Waals surface area contributed by atoms with Gasteiger partial charge >= 0.3 is 0 Å². The number of allylic oxidation sites excluding steroid dienone is 1. The number of H-pyrrole nitrogens is 1. The van der Waals surface area contributed by atoms with E-state index in [1.165, 1.54) is 11.8 Å². The molecule has 31 heavy (non-hydrogen) atoms. The molecule has 0 aliphatic heterocycles. The molecule has 0 aliphatic carbocycles. The Labute approximate surface area is 188 Å². The summed E-state index contributed by atoms with van der Waals surface area (Å²) in [5, 5.41) is 12.3. The normalized spacial score (nSPS) is 11.8. The zero-order valence-corrected chi connectivity index (χ0v) is 18.0. The van der Waals surface area contributed by atoms with Crippen molar-refractivity contribution in [1.29, 1.82) is 5.26 Å². The van der Waals surface area contributed by atoms with Crippen molar-refractivity contribution in [3.8, 4) is 6.07 Å². The van der Waals surface area contributed by atoms with Crippen molar-refractivity contribution in [2.45, 2.75) is 11.7 Å². The van der Waals surface area contributed by atoms with E-state index in [9.17, 15) is 5.26 Å². The van der Waals surface area contributed by atoms with Crippen LogP contribution in [0.25, 0.3) is 28.0 Å². The lowest BCUT2D eigenvalue weighted by atomic mass is 10.1. The van der Waals surface area contributed by atoms with Gasteiger partial charge in [-0.15, -0.1) is 0 Å². The standard InChI is InChI=1S/C25H17ClN4S/c26-21-9-3-1-7-17(21)15-30-16-18(20-8-2-6-12-24(20)30)13-19(14-27)31-25-28-22-10-4-5-11-23(22)29-25/h1-13,16H,15H2,(H,28,29)/b19-13+. The molecule has 0 atom stereocenters. The van der Waals surface area contributed by atoms with E-state index in [1.807, 2.05) is 66.7 Å². The van der Waals surface area contributed by atoms with Gasteiger partial charge in [0.25, 0.3) is 0 Å². The number of nitrogens with zero attached hydrogens (tertiary/aromatic N) is 3. The van der Waals surface area contributed by atoms with E-state index in [0.717, 1.165) is 38.1 Å². The average molecular weight is 441 g/mol. The molecule has 0 aliphatic rings. The summed E-state index contributed by atoms with van der Waals surface area (Å²) in [7, 11) is 0. The van der Waals surface area contributed by atoms with Gasteiger partial charge in [-0.25, -0.2) is 4.98 Å². The minimum absolute atomic E-state index is 0.569. The third-order valence-electron chi connectivity index (χ3n) is 5.09. The molecule has 0 saturated heterocycles. The van der Waals surface area contributed by atoms with Crippen molar-refractivity contribution in [1.82, 2.24) is 14.5 Å². The van der Waals surface area contributed by atoms with Crippen LogP contribution in [0.4, 0.5) is 0 Å². The van der Waals surface area contributed by atoms with E-state index in [1.54, 1.807) is 0 Å². The van der Waals surface area contributed by atoms with Crippen LogP contribution >= 0.6 is 23.4 Å². The van der Waals surface area contributed by atoms with Crippen LogP contribution in [-0.4, -0.2) is 14.5 Å². The minimum Gasteiger partial charge on any atom is -0.342 e. The summed E-state index contributed by atoms with van der Waals surface area (Å²) in [6.45, 7) is 0.659. The highest BCUT2D eigenvalue weighted by molar-refractivity contribution is 8.03. The molecular weight excluding hydrogens is 424 g/mol. The number of hydrogen-bond acceptors (Lipinski definition) is 3. The highest BCUT2D eigenvalue weighted by Gasteiger charge is 2.11. The Morgan fingerprint density at radius 3 is 2.68 bits per heavy atom. The van der Waals surface area contributed by atoms with Gasteiger partial charge in [0, 0.05) is 34.2 Å². The summed E-state index contributed by atoms with van der Waals surface area (Å²) in [6.07, 6.45) is 3.99. The van der Waals surface area contributed by atoms with Crippen LogP contribution in [0.1, 0.15) is 11.1 Å². The molecule has 6 heteroatoms. The van der Waals surface area contributed by atoms with Crippen LogP contribution in [0.5, 0.6) is 0 Å². The highest BCUT2D eigenvalue weighted by atomic mass is 35.5. The van der Waals surface area contributed by atoms with Gasteiger partial charge in [-0.05, 0) is 47.7 Å². The zero-order valence-electron chi connectivity index (χ0n) is 16.4. The van der Waals surface area contributed by atoms with Crippen LogP contribution < -0.4 is 0 Å². The Kier molecular flexibility index (Phi) is 5.25. The fraction of sp³-hybridized carbons (Fsp3) is 0.0400. The van der Waals surface area contributed by atoms with E-state index in [2.05, 4.69) is 38.9 Å². The predicted octanol–water partition coefficient (Wildman–Crippen LogP) is 6.88. The molecule has 0 fully saturated rings. The number of halogens is 1. The largest absolute Gasteiger partial charge is 0.342 e. The zero-order chi connectivity index (χ0) is 21.2. The SMILES string of the molecule is N#C/C(=C\c1cn(Cc2ccccc2Cl)c2ccccc12)Sc1nc2ccccc2[nH]1. The van der Waals surface area contributed by atoms with Crippen molar-refractivity contribution < 1.29 is 0 Å². The number of benzene rings is 3. The molecule has 2 heterocycles. The van der Waals surface area contributed by atoms with Crippen LogP contribution in [0, 0.1) is 11.3 Å². The summed E-state index contributed by atoms with van der Waals surface area (Å²) in [5.41, 5.74) is 4.98. The molecule has 1 N–H and O–H groups in total. The number of nitriles is 1. The van der Waals surface area contributed by atoms with E-state index in [4.69, 9.17) is 11.6 Å². The Balaban J connectivity index is 1.52. The van der Waals surface area contributed by atoms with Gasteiger partial charge in [-0.1, -0.05) is 60.1 Å². The summed E-state index contributed by atoms with van der Waals surface area (Å²) < 4.78 is 2.17. The number of aromatic nitrogens is 3. The molecule has 2 aromatic heterocycles. The summed E-state index contributed by atoms with van der Waals surface area (Å²) in [5.74, 6) is 0. The van der Waals surface area contributed by atoms with Crippen LogP contribution in [0.2, 0.25) is 5.02 Å². The number of imidazole rings is 1. The predicted molar refractivity (Wildman–Crippen MR) is 128 cm³/mol. The number of fused-ring (bicyclic) bond motifs is 2. The Hall–Kier alpha value is -3.46. The maximum absolute atomic E-state index is 9.77. The summed E-state index contributed by atoms with van der Waals surface area (Å²) in [4.78, 5) is 8.41. The van der Waals surface area contributed by atoms with Crippen LogP contribution in [0.15, 0.2) is 89.1 Å². The molecule has 4 nitrogen and oxygen atoms in total. The van der Waals surface area contributed by atoms with E-state index in [-0.39, 0.29) is 0 Å². The topological polar surface area (TPSA) is 57.4 Å². The molecule has 150 valence electrons. The number of aromatic amines is 1. The number of thioether (sulfide) groups is 1. The number of para-hydroxylation sites is 3. The molecule has 5 rings (SSSR count). The van der Waals surface area contributed by atoms with Crippen molar-refractivity contribution in [3.63, 3.8) is 0 Å². The smallest absolute Gasteiger partial charge is 0.171 e. The van der Waals surface area contributed by atoms with Crippen molar-refractivity contribution in [3.05, 3.63) is 100 Å². The monoisotopic (exact) mass is 440 g/mol. The Morgan fingerprint density at radius 1 is 1.06 bits per heavy atom. The number of rotatable bonds is 5. The molecule has 0 spiro atoms. The van der Waals surface area contributed by atoms with Gasteiger partial charge in [0.05, 0.1) is 15.9 Å². The lowest BCUT2D eigenvalue weighted by molar-refractivity contribution is 0.836. The van der Waals surface area contributed by atoms with Crippen LogP contribution in [0.3, 0.4) is 0 Å². The first kappa shape index (κ1) is 19.5. The van der Waals surface area contributed by atoms with Crippen molar-refractivity contribution in [2.75, 3.05) is 0 Å². The second kappa shape index (κ2) is 8.35. The second-order valence-corrected chi connectivity index (χ2v) is 8.54. The van der Waals surface area contributed by atoms with E-state index < -0.39 is 0 Å². The molecule has 0 bridgehead atoms. The van der Waals surface area contributed by atoms with E-state index >= 15 is 0 Å². The van der Waals surface area contributed by atoms with Gasteiger partial charge in [-0.2, -0.15) is 5.26 Å². The van der Waals surface area contributed by atoms with Gasteiger partial charge in [0.1, 0.15) is 6.07 Å². The number of hydrogen-bond donors (Lipinski definition) is 1. The lowest BCUT2D eigenvalue weighted by Gasteiger charge is -2.07. The third-order valence-corrected chi connectivity index (χ3v) is 6.27. The van der Waals surface area contributed by atoms with E-state index in [0.29, 0.717) is 16.6 Å². The maximum atomic E-state index is 9.77. The van der Waals surface area contributed by atoms with Gasteiger partial charge in [-0.3, -0.25) is 0 Å². The molecule has 3 aromatic carbocycles. The molecule has 0 saturated carbocycles. The molecule has 5 aromatic rings. The number of nitrogens with one attached hydrogen (secondary N) is 1. The maximum Gasteiger partial charge on any atom is 0.171 e. The highest BCUT2D eigenvalue weighted by Crippen LogP contribution is 2.31. The average Bonchev–Trinajstić information content (AvgIpc) is 3.36. The second-order valence-electron chi connectivity index (χ2n) is 7.10. The quantitative estimate of drug-likeness (QED) is 0.239. The van der Waals surface area contributed by atoms with Crippen molar-refractivity contribution in [2.24, 2.45) is 0 Å². The van der Waals surface area contributed by atoms with Crippen molar-refractivity contribution >= 4 is 51.4 Å². The molecule has 0 unspecified atom stereocenters. The first-order valence-electron chi connectivity index (χ1n) is 9.77. The van der Waals surface area contributed by atoms with Gasteiger partial charge < -0.3 is 9.55 Å². The fourth-order valence-electron chi connectivity index (χ4n) is 3.64. The minimum atomic E-state index is 0.569. The van der Waals surface area contributed by atoms with Crippen LogP contribution in [-0.2, 0) is 6.54 Å². The first-order valence-corrected chi connectivity index (χ1v) is 11.0.